The van der Waals surface area contributed by atoms with E-state index in [9.17, 15) is 4.39 Å². The van der Waals surface area contributed by atoms with Gasteiger partial charge < -0.3 is 10.5 Å². The van der Waals surface area contributed by atoms with Crippen molar-refractivity contribution in [3.63, 3.8) is 0 Å². The summed E-state index contributed by atoms with van der Waals surface area (Å²) < 4.78 is 18.7. The molecule has 1 unspecified atom stereocenters. The number of ether oxygens (including phenoxy) is 1. The number of nitrogens with two attached hydrogens (primary N) is 1. The van der Waals surface area contributed by atoms with Crippen LogP contribution in [0.5, 0.6) is 5.75 Å². The first-order valence-electron chi connectivity index (χ1n) is 7.24. The molecule has 1 fully saturated rings. The topological polar surface area (TPSA) is 35.2 Å². The van der Waals surface area contributed by atoms with Crippen LogP contribution in [0, 0.1) is 17.7 Å². The summed E-state index contributed by atoms with van der Waals surface area (Å²) in [6.45, 7) is 2.25. The van der Waals surface area contributed by atoms with E-state index in [-0.39, 0.29) is 17.6 Å². The van der Waals surface area contributed by atoms with E-state index in [0.717, 1.165) is 24.3 Å². The van der Waals surface area contributed by atoms with E-state index in [2.05, 4.69) is 6.92 Å². The molecule has 0 spiro atoms. The van der Waals surface area contributed by atoms with E-state index in [1.807, 2.05) is 6.07 Å². The molecule has 3 heteroatoms. The van der Waals surface area contributed by atoms with Crippen molar-refractivity contribution in [1.29, 1.82) is 0 Å². The van der Waals surface area contributed by atoms with Gasteiger partial charge in [-0.25, -0.2) is 4.39 Å². The van der Waals surface area contributed by atoms with Gasteiger partial charge in [-0.05, 0) is 42.4 Å². The fourth-order valence-electron chi connectivity index (χ4n) is 3.12. The smallest absolute Gasteiger partial charge is 0.165 e. The summed E-state index contributed by atoms with van der Waals surface area (Å²) in [5, 5.41) is 0. The zero-order valence-corrected chi connectivity index (χ0v) is 11.9. The highest BCUT2D eigenvalue weighted by Crippen LogP contribution is 2.37. The molecule has 0 heterocycles. The molecule has 2 nitrogen and oxygen atoms in total. The first-order valence-corrected chi connectivity index (χ1v) is 7.24. The molecule has 1 atom stereocenters. The zero-order valence-electron chi connectivity index (χ0n) is 11.9. The Hall–Kier alpha value is -1.09. The third kappa shape index (κ3) is 3.27. The molecule has 1 aromatic carbocycles. The van der Waals surface area contributed by atoms with Gasteiger partial charge in [0.15, 0.2) is 11.6 Å². The van der Waals surface area contributed by atoms with Crippen molar-refractivity contribution in [2.45, 2.75) is 45.1 Å². The SMILES string of the molecule is CCC1CCC(C(N)c2ccc(OC)c(F)c2)CC1. The van der Waals surface area contributed by atoms with Crippen LogP contribution in [-0.2, 0) is 0 Å². The fraction of sp³-hybridized carbons (Fsp3) is 0.625. The van der Waals surface area contributed by atoms with Gasteiger partial charge in [-0.2, -0.15) is 0 Å². The second-order valence-electron chi connectivity index (χ2n) is 5.61. The Morgan fingerprint density at radius 3 is 2.53 bits per heavy atom. The minimum absolute atomic E-state index is 0.0572. The molecule has 0 amide bonds. The standard InChI is InChI=1S/C16H24FNO/c1-3-11-4-6-12(7-5-11)16(18)13-8-9-15(19-2)14(17)10-13/h8-12,16H,3-7,18H2,1-2H3. The van der Waals surface area contributed by atoms with Gasteiger partial charge in [0.2, 0.25) is 0 Å². The Labute approximate surface area is 115 Å². The molecule has 0 radical (unpaired) electrons. The molecule has 2 rings (SSSR count). The third-order valence-corrected chi connectivity index (χ3v) is 4.54. The van der Waals surface area contributed by atoms with Crippen LogP contribution in [0.4, 0.5) is 4.39 Å². The lowest BCUT2D eigenvalue weighted by Gasteiger charge is -2.32. The Morgan fingerprint density at radius 1 is 1.32 bits per heavy atom. The van der Waals surface area contributed by atoms with Crippen molar-refractivity contribution in [2.75, 3.05) is 7.11 Å². The summed E-state index contributed by atoms with van der Waals surface area (Å²) in [6, 6.07) is 5.02. The third-order valence-electron chi connectivity index (χ3n) is 4.54. The monoisotopic (exact) mass is 265 g/mol. The summed E-state index contributed by atoms with van der Waals surface area (Å²) in [5.41, 5.74) is 7.20. The van der Waals surface area contributed by atoms with Crippen LogP contribution in [0.1, 0.15) is 50.6 Å². The van der Waals surface area contributed by atoms with Crippen molar-refractivity contribution in [3.05, 3.63) is 29.6 Å². The minimum atomic E-state index is -0.322. The summed E-state index contributed by atoms with van der Waals surface area (Å²) in [4.78, 5) is 0. The normalized spacial score (nSPS) is 25.1. The highest BCUT2D eigenvalue weighted by molar-refractivity contribution is 5.31. The number of halogens is 1. The van der Waals surface area contributed by atoms with Crippen LogP contribution < -0.4 is 10.5 Å². The molecular weight excluding hydrogens is 241 g/mol. The zero-order chi connectivity index (χ0) is 13.8. The summed E-state index contributed by atoms with van der Waals surface area (Å²) >= 11 is 0. The van der Waals surface area contributed by atoms with Gasteiger partial charge in [-0.15, -0.1) is 0 Å². The van der Waals surface area contributed by atoms with Crippen molar-refractivity contribution in [2.24, 2.45) is 17.6 Å². The predicted octanol–water partition coefficient (Wildman–Crippen LogP) is 4.05. The van der Waals surface area contributed by atoms with Crippen LogP contribution in [-0.4, -0.2) is 7.11 Å². The van der Waals surface area contributed by atoms with Crippen molar-refractivity contribution >= 4 is 0 Å². The minimum Gasteiger partial charge on any atom is -0.494 e. The lowest BCUT2D eigenvalue weighted by Crippen LogP contribution is -2.26. The molecule has 0 aliphatic heterocycles. The Bertz CT molecular complexity index is 413. The summed E-state index contributed by atoms with van der Waals surface area (Å²) in [7, 11) is 1.48. The van der Waals surface area contributed by atoms with E-state index in [4.69, 9.17) is 10.5 Å². The quantitative estimate of drug-likeness (QED) is 0.891. The lowest BCUT2D eigenvalue weighted by atomic mass is 9.76. The van der Waals surface area contributed by atoms with Crippen LogP contribution >= 0.6 is 0 Å². The molecule has 0 aromatic heterocycles. The van der Waals surface area contributed by atoms with Crippen molar-refractivity contribution in [3.8, 4) is 5.75 Å². The second kappa shape index (κ2) is 6.38. The first-order chi connectivity index (χ1) is 9.15. The van der Waals surface area contributed by atoms with Gasteiger partial charge in [0.25, 0.3) is 0 Å². The Balaban J connectivity index is 2.03. The molecule has 0 saturated heterocycles. The number of methoxy groups -OCH3 is 1. The number of hydrogen-bond acceptors (Lipinski definition) is 2. The first kappa shape index (κ1) is 14.3. The van der Waals surface area contributed by atoms with E-state index >= 15 is 0 Å². The molecule has 1 aliphatic rings. The second-order valence-corrected chi connectivity index (χ2v) is 5.61. The summed E-state index contributed by atoms with van der Waals surface area (Å²) in [5.74, 6) is 1.30. The molecule has 2 N–H and O–H groups in total. The largest absolute Gasteiger partial charge is 0.494 e. The number of benzene rings is 1. The molecule has 1 aliphatic carbocycles. The van der Waals surface area contributed by atoms with Crippen LogP contribution in [0.25, 0.3) is 0 Å². The molecule has 1 aromatic rings. The highest BCUT2D eigenvalue weighted by atomic mass is 19.1. The van der Waals surface area contributed by atoms with Crippen LogP contribution in [0.3, 0.4) is 0 Å². The molecular formula is C16H24FNO. The fourth-order valence-corrected chi connectivity index (χ4v) is 3.12. The maximum atomic E-state index is 13.7. The average Bonchev–Trinajstić information content (AvgIpc) is 2.46. The van der Waals surface area contributed by atoms with Crippen LogP contribution in [0.15, 0.2) is 18.2 Å². The van der Waals surface area contributed by atoms with Crippen LogP contribution in [0.2, 0.25) is 0 Å². The molecule has 19 heavy (non-hydrogen) atoms. The highest BCUT2D eigenvalue weighted by Gasteiger charge is 2.26. The number of rotatable bonds is 4. The van der Waals surface area contributed by atoms with Gasteiger partial charge in [0.1, 0.15) is 0 Å². The predicted molar refractivity (Wildman–Crippen MR) is 75.6 cm³/mol. The van der Waals surface area contributed by atoms with Gasteiger partial charge in [-0.3, -0.25) is 0 Å². The molecule has 106 valence electrons. The van der Waals surface area contributed by atoms with Crippen molar-refractivity contribution in [1.82, 2.24) is 0 Å². The Morgan fingerprint density at radius 2 is 2.00 bits per heavy atom. The Kier molecular flexibility index (Phi) is 4.81. The van der Waals surface area contributed by atoms with Gasteiger partial charge in [-0.1, -0.05) is 32.3 Å². The van der Waals surface area contributed by atoms with E-state index < -0.39 is 0 Å². The van der Waals surface area contributed by atoms with Crippen molar-refractivity contribution < 1.29 is 9.13 Å². The summed E-state index contributed by atoms with van der Waals surface area (Å²) in [6.07, 6.45) is 6.10. The molecule has 0 bridgehead atoms. The van der Waals surface area contributed by atoms with Gasteiger partial charge in [0.05, 0.1) is 7.11 Å². The van der Waals surface area contributed by atoms with E-state index in [1.165, 1.54) is 32.4 Å². The van der Waals surface area contributed by atoms with Gasteiger partial charge in [0, 0.05) is 6.04 Å². The maximum Gasteiger partial charge on any atom is 0.165 e. The lowest BCUT2D eigenvalue weighted by molar-refractivity contribution is 0.239. The maximum absolute atomic E-state index is 13.7. The van der Waals surface area contributed by atoms with Gasteiger partial charge >= 0.3 is 0 Å². The molecule has 1 saturated carbocycles. The average molecular weight is 265 g/mol. The van der Waals surface area contributed by atoms with E-state index in [0.29, 0.717) is 5.92 Å². The van der Waals surface area contributed by atoms with E-state index in [1.54, 1.807) is 6.07 Å². The number of hydrogen-bond donors (Lipinski definition) is 1.